The first-order chi connectivity index (χ1) is 8.61. The zero-order valence-electron chi connectivity index (χ0n) is 9.44. The largest absolute Gasteiger partial charge is 0.461 e. The number of esters is 1. The minimum Gasteiger partial charge on any atom is -0.461 e. The van der Waals surface area contributed by atoms with Gasteiger partial charge in [-0.2, -0.15) is 0 Å². The third-order valence-electron chi connectivity index (χ3n) is 2.16. The third kappa shape index (κ3) is 2.37. The molecule has 0 saturated carbocycles. The van der Waals surface area contributed by atoms with Crippen molar-refractivity contribution in [3.8, 4) is 11.3 Å². The monoisotopic (exact) mass is 253 g/mol. The molecule has 4 nitrogen and oxygen atoms in total. The SMILES string of the molecule is CCOC(=O)c1ncoc1-c1cc(F)cc(F)c1. The van der Waals surface area contributed by atoms with Gasteiger partial charge in [-0.25, -0.2) is 18.6 Å². The summed E-state index contributed by atoms with van der Waals surface area (Å²) in [5, 5.41) is 0. The molecule has 0 aliphatic heterocycles. The van der Waals surface area contributed by atoms with Gasteiger partial charge in [0.25, 0.3) is 0 Å². The minimum atomic E-state index is -0.767. The zero-order chi connectivity index (χ0) is 13.1. The third-order valence-corrected chi connectivity index (χ3v) is 2.16. The summed E-state index contributed by atoms with van der Waals surface area (Å²) in [7, 11) is 0. The molecule has 0 aliphatic carbocycles. The van der Waals surface area contributed by atoms with Crippen molar-refractivity contribution in [3.63, 3.8) is 0 Å². The van der Waals surface area contributed by atoms with E-state index in [9.17, 15) is 13.6 Å². The summed E-state index contributed by atoms with van der Waals surface area (Å²) in [4.78, 5) is 15.2. The molecular weight excluding hydrogens is 244 g/mol. The Kier molecular flexibility index (Phi) is 3.36. The van der Waals surface area contributed by atoms with Crippen molar-refractivity contribution in [2.45, 2.75) is 6.92 Å². The number of carbonyl (C=O) groups is 1. The van der Waals surface area contributed by atoms with Gasteiger partial charge in [-0.05, 0) is 19.1 Å². The molecule has 1 aromatic heterocycles. The van der Waals surface area contributed by atoms with E-state index >= 15 is 0 Å². The molecule has 0 radical (unpaired) electrons. The van der Waals surface area contributed by atoms with Crippen LogP contribution < -0.4 is 0 Å². The second kappa shape index (κ2) is 4.95. The number of rotatable bonds is 3. The van der Waals surface area contributed by atoms with Gasteiger partial charge in [0.05, 0.1) is 6.61 Å². The van der Waals surface area contributed by atoms with Crippen LogP contribution in [-0.2, 0) is 4.74 Å². The van der Waals surface area contributed by atoms with Crippen LogP contribution in [0.5, 0.6) is 0 Å². The molecule has 94 valence electrons. The van der Waals surface area contributed by atoms with Crippen molar-refractivity contribution >= 4 is 5.97 Å². The van der Waals surface area contributed by atoms with Crippen LogP contribution in [0.4, 0.5) is 8.78 Å². The van der Waals surface area contributed by atoms with Crippen molar-refractivity contribution in [1.82, 2.24) is 4.98 Å². The summed E-state index contributed by atoms with van der Waals surface area (Å²) in [5.41, 5.74) is -0.0186. The number of hydrogen-bond acceptors (Lipinski definition) is 4. The molecule has 1 heterocycles. The molecule has 0 saturated heterocycles. The Bertz CT molecular complexity index is 560. The maximum Gasteiger partial charge on any atom is 0.360 e. The molecule has 2 aromatic rings. The van der Waals surface area contributed by atoms with Gasteiger partial charge < -0.3 is 9.15 Å². The lowest BCUT2D eigenvalue weighted by atomic mass is 10.1. The van der Waals surface area contributed by atoms with Gasteiger partial charge in [0, 0.05) is 11.6 Å². The number of hydrogen-bond donors (Lipinski definition) is 0. The number of oxazole rings is 1. The fourth-order valence-electron chi connectivity index (χ4n) is 1.48. The summed E-state index contributed by atoms with van der Waals surface area (Å²) in [6, 6.07) is 2.82. The summed E-state index contributed by atoms with van der Waals surface area (Å²) < 4.78 is 35.9. The molecular formula is C12H9F2NO3. The average molecular weight is 253 g/mol. The molecule has 0 bridgehead atoms. The number of benzene rings is 1. The number of carbonyl (C=O) groups excluding carboxylic acids is 1. The highest BCUT2D eigenvalue weighted by Gasteiger charge is 2.20. The molecule has 0 spiro atoms. The number of aromatic nitrogens is 1. The molecule has 6 heteroatoms. The zero-order valence-corrected chi connectivity index (χ0v) is 9.44. The Labute approximate surface area is 101 Å². The van der Waals surface area contributed by atoms with E-state index in [0.717, 1.165) is 24.6 Å². The smallest absolute Gasteiger partial charge is 0.360 e. The second-order valence-corrected chi connectivity index (χ2v) is 3.41. The van der Waals surface area contributed by atoms with Crippen LogP contribution in [0.2, 0.25) is 0 Å². The Morgan fingerprint density at radius 3 is 2.61 bits per heavy atom. The molecule has 0 atom stereocenters. The van der Waals surface area contributed by atoms with Gasteiger partial charge in [-0.1, -0.05) is 0 Å². The summed E-state index contributed by atoms with van der Waals surface area (Å²) >= 11 is 0. The van der Waals surface area contributed by atoms with Crippen LogP contribution in [0.25, 0.3) is 11.3 Å². The molecule has 1 aromatic carbocycles. The predicted molar refractivity (Wildman–Crippen MR) is 57.8 cm³/mol. The molecule has 0 aliphatic rings. The molecule has 0 fully saturated rings. The number of halogens is 2. The molecule has 0 amide bonds. The van der Waals surface area contributed by atoms with Crippen LogP contribution in [0, 0.1) is 11.6 Å². The molecule has 0 N–H and O–H groups in total. The molecule has 0 unspecified atom stereocenters. The highest BCUT2D eigenvalue weighted by Crippen LogP contribution is 2.25. The fraction of sp³-hybridized carbons (Fsp3) is 0.167. The van der Waals surface area contributed by atoms with Gasteiger partial charge in [0.2, 0.25) is 0 Å². The molecule has 18 heavy (non-hydrogen) atoms. The van der Waals surface area contributed by atoms with E-state index in [1.54, 1.807) is 6.92 Å². The van der Waals surface area contributed by atoms with E-state index in [2.05, 4.69) is 4.98 Å². The van der Waals surface area contributed by atoms with Crippen molar-refractivity contribution in [2.75, 3.05) is 6.61 Å². The lowest BCUT2D eigenvalue weighted by Gasteiger charge is -2.02. The second-order valence-electron chi connectivity index (χ2n) is 3.41. The van der Waals surface area contributed by atoms with E-state index in [-0.39, 0.29) is 23.6 Å². The van der Waals surface area contributed by atoms with Gasteiger partial charge in [-0.15, -0.1) is 0 Å². The Morgan fingerprint density at radius 1 is 1.33 bits per heavy atom. The highest BCUT2D eigenvalue weighted by molar-refractivity contribution is 5.93. The number of ether oxygens (including phenoxy) is 1. The van der Waals surface area contributed by atoms with Crippen LogP contribution in [0.3, 0.4) is 0 Å². The van der Waals surface area contributed by atoms with Gasteiger partial charge in [0.15, 0.2) is 17.8 Å². The summed E-state index contributed by atoms with van der Waals surface area (Å²) in [6.07, 6.45) is 1.02. The van der Waals surface area contributed by atoms with Crippen molar-refractivity contribution in [1.29, 1.82) is 0 Å². The van der Waals surface area contributed by atoms with Gasteiger partial charge in [0.1, 0.15) is 11.6 Å². The van der Waals surface area contributed by atoms with E-state index in [0.29, 0.717) is 0 Å². The quantitative estimate of drug-likeness (QED) is 0.789. The predicted octanol–water partition coefficient (Wildman–Crippen LogP) is 2.80. The Balaban J connectivity index is 2.45. The van der Waals surface area contributed by atoms with Crippen LogP contribution in [0.1, 0.15) is 17.4 Å². The molecule has 2 rings (SSSR count). The fourth-order valence-corrected chi connectivity index (χ4v) is 1.48. The van der Waals surface area contributed by atoms with Crippen LogP contribution in [0.15, 0.2) is 29.0 Å². The lowest BCUT2D eigenvalue weighted by molar-refractivity contribution is 0.0520. The topological polar surface area (TPSA) is 52.3 Å². The van der Waals surface area contributed by atoms with E-state index in [1.807, 2.05) is 0 Å². The Hall–Kier alpha value is -2.24. The first-order valence-corrected chi connectivity index (χ1v) is 5.19. The van der Waals surface area contributed by atoms with E-state index in [1.165, 1.54) is 0 Å². The standard InChI is InChI=1S/C12H9F2NO3/c1-2-17-12(16)10-11(18-6-15-10)7-3-8(13)5-9(14)4-7/h3-6H,2H2,1H3. The lowest BCUT2D eigenvalue weighted by Crippen LogP contribution is -2.06. The first kappa shape index (κ1) is 12.2. The summed E-state index contributed by atoms with van der Waals surface area (Å²) in [6.45, 7) is 1.81. The Morgan fingerprint density at radius 2 is 2.00 bits per heavy atom. The minimum absolute atomic E-state index is 0.0214. The van der Waals surface area contributed by atoms with Gasteiger partial charge >= 0.3 is 5.97 Å². The maximum absolute atomic E-state index is 13.1. The normalized spacial score (nSPS) is 10.4. The van der Waals surface area contributed by atoms with Crippen molar-refractivity contribution in [2.24, 2.45) is 0 Å². The van der Waals surface area contributed by atoms with Crippen LogP contribution in [-0.4, -0.2) is 17.6 Å². The maximum atomic E-state index is 13.1. The van der Waals surface area contributed by atoms with Crippen LogP contribution >= 0.6 is 0 Å². The number of nitrogens with zero attached hydrogens (tertiary/aromatic N) is 1. The average Bonchev–Trinajstić information content (AvgIpc) is 2.76. The van der Waals surface area contributed by atoms with Crippen molar-refractivity contribution < 1.29 is 22.7 Å². The van der Waals surface area contributed by atoms with Gasteiger partial charge in [-0.3, -0.25) is 0 Å². The van der Waals surface area contributed by atoms with E-state index < -0.39 is 17.6 Å². The van der Waals surface area contributed by atoms with E-state index in [4.69, 9.17) is 9.15 Å². The first-order valence-electron chi connectivity index (χ1n) is 5.19. The van der Waals surface area contributed by atoms with Crippen molar-refractivity contribution in [3.05, 3.63) is 41.9 Å². The highest BCUT2D eigenvalue weighted by atomic mass is 19.1. The summed E-state index contributed by atoms with van der Waals surface area (Å²) in [5.74, 6) is -2.26.